The third-order valence-corrected chi connectivity index (χ3v) is 3.69. The molecule has 2 nitrogen and oxygen atoms in total. The number of hydrogen-bond donors (Lipinski definition) is 1. The molecule has 0 heterocycles. The minimum Gasteiger partial charge on any atom is -0.305 e. The van der Waals surface area contributed by atoms with Gasteiger partial charge in [-0.05, 0) is 32.7 Å². The molecule has 0 radical (unpaired) electrons. The molecule has 16 heavy (non-hydrogen) atoms. The number of rotatable bonds is 6. The van der Waals surface area contributed by atoms with Crippen LogP contribution in [0.4, 0.5) is 0 Å². The molecule has 1 fully saturated rings. The molecule has 1 atom stereocenters. The van der Waals surface area contributed by atoms with E-state index in [1.165, 1.54) is 38.6 Å². The van der Waals surface area contributed by atoms with Crippen LogP contribution in [0.25, 0.3) is 0 Å². The maximum atomic E-state index is 5.21. The van der Waals surface area contributed by atoms with Crippen LogP contribution in [-0.2, 0) is 0 Å². The van der Waals surface area contributed by atoms with Crippen molar-refractivity contribution in [3.8, 4) is 12.3 Å². The summed E-state index contributed by atoms with van der Waals surface area (Å²) in [7, 11) is 2.23. The van der Waals surface area contributed by atoms with Crippen molar-refractivity contribution in [1.82, 2.24) is 10.2 Å². The predicted octanol–water partition coefficient (Wildman–Crippen LogP) is 2.11. The molecule has 0 spiro atoms. The van der Waals surface area contributed by atoms with Gasteiger partial charge in [-0.15, -0.1) is 6.42 Å². The van der Waals surface area contributed by atoms with E-state index in [0.29, 0.717) is 12.6 Å². The number of hydrogen-bond acceptors (Lipinski definition) is 2. The summed E-state index contributed by atoms with van der Waals surface area (Å²) in [5.74, 6) is 3.54. The average Bonchev–Trinajstić information content (AvgIpc) is 2.30. The molecular formula is C14H26N2. The van der Waals surface area contributed by atoms with E-state index in [2.05, 4.69) is 30.1 Å². The van der Waals surface area contributed by atoms with E-state index in [4.69, 9.17) is 6.42 Å². The zero-order valence-electron chi connectivity index (χ0n) is 10.8. The highest BCUT2D eigenvalue weighted by atomic mass is 15.1. The first-order chi connectivity index (χ1) is 7.74. The van der Waals surface area contributed by atoms with Gasteiger partial charge in [-0.2, -0.15) is 0 Å². The molecular weight excluding hydrogens is 196 g/mol. The molecule has 1 N–H and O–H groups in total. The second kappa shape index (κ2) is 7.70. The fraction of sp³-hybridized carbons (Fsp3) is 0.857. The second-order valence-corrected chi connectivity index (χ2v) is 5.13. The lowest BCUT2D eigenvalue weighted by Crippen LogP contribution is -2.40. The van der Waals surface area contributed by atoms with Crippen LogP contribution in [0.3, 0.4) is 0 Å². The summed E-state index contributed by atoms with van der Waals surface area (Å²) < 4.78 is 0. The van der Waals surface area contributed by atoms with Gasteiger partial charge in [0.05, 0.1) is 6.54 Å². The third-order valence-electron chi connectivity index (χ3n) is 3.69. The van der Waals surface area contributed by atoms with Gasteiger partial charge in [0.2, 0.25) is 0 Å². The van der Waals surface area contributed by atoms with Crippen molar-refractivity contribution in [2.75, 3.05) is 26.7 Å². The van der Waals surface area contributed by atoms with Gasteiger partial charge in [-0.25, -0.2) is 0 Å². The minimum absolute atomic E-state index is 0.579. The molecule has 0 bridgehead atoms. The first-order valence-electron chi connectivity index (χ1n) is 6.58. The quantitative estimate of drug-likeness (QED) is 0.547. The Bertz CT molecular complexity index is 213. The lowest BCUT2D eigenvalue weighted by atomic mass is 9.89. The van der Waals surface area contributed by atoms with E-state index >= 15 is 0 Å². The van der Waals surface area contributed by atoms with E-state index in [-0.39, 0.29) is 0 Å². The summed E-state index contributed by atoms with van der Waals surface area (Å²) >= 11 is 0. The fourth-order valence-electron chi connectivity index (χ4n) is 2.47. The van der Waals surface area contributed by atoms with E-state index in [1.54, 1.807) is 0 Å². The molecule has 0 aromatic rings. The Morgan fingerprint density at radius 2 is 2.06 bits per heavy atom. The topological polar surface area (TPSA) is 15.3 Å². The highest BCUT2D eigenvalue weighted by Crippen LogP contribution is 2.24. The predicted molar refractivity (Wildman–Crippen MR) is 70.4 cm³/mol. The standard InChI is InChI=1S/C14H26N2/c1-4-10-15-11-13(2)16(3)12-14-8-6-5-7-9-14/h1,13-15H,5-12H2,2-3H3. The van der Waals surface area contributed by atoms with Crippen LogP contribution in [0.1, 0.15) is 39.0 Å². The van der Waals surface area contributed by atoms with Crippen molar-refractivity contribution < 1.29 is 0 Å². The Labute approximate surface area is 101 Å². The Hall–Kier alpha value is -0.520. The molecule has 0 saturated heterocycles. The van der Waals surface area contributed by atoms with Crippen LogP contribution >= 0.6 is 0 Å². The van der Waals surface area contributed by atoms with Gasteiger partial charge in [0, 0.05) is 19.1 Å². The van der Waals surface area contributed by atoms with E-state index in [1.807, 2.05) is 0 Å². The molecule has 1 unspecified atom stereocenters. The van der Waals surface area contributed by atoms with Gasteiger partial charge >= 0.3 is 0 Å². The molecule has 0 aliphatic heterocycles. The average molecular weight is 222 g/mol. The summed E-state index contributed by atoms with van der Waals surface area (Å²) in [4.78, 5) is 2.47. The second-order valence-electron chi connectivity index (χ2n) is 5.13. The number of nitrogens with zero attached hydrogens (tertiary/aromatic N) is 1. The maximum Gasteiger partial charge on any atom is 0.0574 e. The summed E-state index contributed by atoms with van der Waals surface area (Å²) in [6, 6.07) is 0.579. The molecule has 0 aromatic carbocycles. The van der Waals surface area contributed by atoms with Gasteiger partial charge in [-0.3, -0.25) is 0 Å². The largest absolute Gasteiger partial charge is 0.305 e. The molecule has 1 aliphatic rings. The van der Waals surface area contributed by atoms with Crippen molar-refractivity contribution in [1.29, 1.82) is 0 Å². The lowest BCUT2D eigenvalue weighted by molar-refractivity contribution is 0.189. The van der Waals surface area contributed by atoms with Crippen molar-refractivity contribution in [3.63, 3.8) is 0 Å². The van der Waals surface area contributed by atoms with Crippen molar-refractivity contribution in [2.45, 2.75) is 45.1 Å². The zero-order chi connectivity index (χ0) is 11.8. The van der Waals surface area contributed by atoms with Gasteiger partial charge in [-0.1, -0.05) is 25.2 Å². The van der Waals surface area contributed by atoms with Gasteiger partial charge in [0.15, 0.2) is 0 Å². The zero-order valence-corrected chi connectivity index (χ0v) is 10.8. The minimum atomic E-state index is 0.579. The Kier molecular flexibility index (Phi) is 6.52. The van der Waals surface area contributed by atoms with Crippen LogP contribution in [0.2, 0.25) is 0 Å². The van der Waals surface area contributed by atoms with Gasteiger partial charge in [0.1, 0.15) is 0 Å². The third kappa shape index (κ3) is 5.01. The highest BCUT2D eigenvalue weighted by Gasteiger charge is 2.17. The summed E-state index contributed by atoms with van der Waals surface area (Å²) in [6.45, 7) is 5.19. The van der Waals surface area contributed by atoms with Crippen LogP contribution in [0.15, 0.2) is 0 Å². The molecule has 1 saturated carbocycles. The van der Waals surface area contributed by atoms with E-state index < -0.39 is 0 Å². The Morgan fingerprint density at radius 3 is 2.69 bits per heavy atom. The van der Waals surface area contributed by atoms with E-state index in [9.17, 15) is 0 Å². The molecule has 0 amide bonds. The maximum absolute atomic E-state index is 5.21. The Balaban J connectivity index is 2.16. The summed E-state index contributed by atoms with van der Waals surface area (Å²) in [6.07, 6.45) is 12.4. The first-order valence-corrected chi connectivity index (χ1v) is 6.58. The van der Waals surface area contributed by atoms with Gasteiger partial charge < -0.3 is 10.2 Å². The smallest absolute Gasteiger partial charge is 0.0574 e. The Morgan fingerprint density at radius 1 is 1.38 bits per heavy atom. The normalized spacial score (nSPS) is 19.6. The van der Waals surface area contributed by atoms with Crippen molar-refractivity contribution in [3.05, 3.63) is 0 Å². The van der Waals surface area contributed by atoms with Crippen LogP contribution < -0.4 is 5.32 Å². The molecule has 1 aliphatic carbocycles. The number of likely N-dealkylation sites (N-methyl/N-ethyl adjacent to an activating group) is 1. The van der Waals surface area contributed by atoms with Gasteiger partial charge in [0.25, 0.3) is 0 Å². The molecule has 1 rings (SSSR count). The SMILES string of the molecule is C#CCNCC(C)N(C)CC1CCCCC1. The van der Waals surface area contributed by atoms with Crippen LogP contribution in [-0.4, -0.2) is 37.6 Å². The highest BCUT2D eigenvalue weighted by molar-refractivity contribution is 4.87. The lowest BCUT2D eigenvalue weighted by Gasteiger charge is -2.31. The van der Waals surface area contributed by atoms with Crippen molar-refractivity contribution >= 4 is 0 Å². The fourth-order valence-corrected chi connectivity index (χ4v) is 2.47. The summed E-state index contributed by atoms with van der Waals surface area (Å²) in [5.41, 5.74) is 0. The number of terminal acetylenes is 1. The monoisotopic (exact) mass is 222 g/mol. The van der Waals surface area contributed by atoms with Crippen molar-refractivity contribution in [2.24, 2.45) is 5.92 Å². The van der Waals surface area contributed by atoms with Crippen LogP contribution in [0, 0.1) is 18.3 Å². The molecule has 92 valence electrons. The summed E-state index contributed by atoms with van der Waals surface area (Å²) in [5, 5.41) is 3.28. The molecule has 0 aromatic heterocycles. The number of nitrogens with one attached hydrogen (secondary N) is 1. The van der Waals surface area contributed by atoms with E-state index in [0.717, 1.165) is 12.5 Å². The first kappa shape index (κ1) is 13.5. The molecule has 2 heteroatoms. The van der Waals surface area contributed by atoms with Crippen LogP contribution in [0.5, 0.6) is 0 Å².